The highest BCUT2D eigenvalue weighted by atomic mass is 19.1. The number of benzene rings is 2. The van der Waals surface area contributed by atoms with Crippen molar-refractivity contribution in [2.45, 2.75) is 83.5 Å². The molecule has 0 spiro atoms. The zero-order chi connectivity index (χ0) is 19.9. The van der Waals surface area contributed by atoms with Crippen LogP contribution in [-0.4, -0.2) is 29.7 Å². The quantitative estimate of drug-likeness (QED) is 0.475. The largest absolute Gasteiger partial charge is 0.298 e. The zero-order valence-electron chi connectivity index (χ0n) is 17.8. The minimum absolute atomic E-state index is 0.428. The van der Waals surface area contributed by atoms with Gasteiger partial charge in [-0.15, -0.1) is 0 Å². The van der Waals surface area contributed by atoms with Crippen molar-refractivity contribution in [2.75, 3.05) is 6.54 Å². The van der Waals surface area contributed by atoms with E-state index in [-0.39, 0.29) is 0 Å². The lowest BCUT2D eigenvalue weighted by Gasteiger charge is -2.33. The van der Waals surface area contributed by atoms with Crippen molar-refractivity contribution in [1.29, 1.82) is 0 Å². The SMILES string of the molecule is CC(C)N(CCc1ccccc1)C(C)CCc1ccc(C2CCC(F)C2)cc1. The Morgan fingerprint density at radius 2 is 1.57 bits per heavy atom. The van der Waals surface area contributed by atoms with E-state index < -0.39 is 6.17 Å². The Kier molecular flexibility index (Phi) is 7.67. The minimum atomic E-state index is -0.594. The molecule has 2 heteroatoms. The van der Waals surface area contributed by atoms with Gasteiger partial charge < -0.3 is 0 Å². The second-order valence-electron chi connectivity index (χ2n) is 8.80. The first-order valence-electron chi connectivity index (χ1n) is 11.1. The van der Waals surface area contributed by atoms with Crippen LogP contribution in [0, 0.1) is 0 Å². The number of hydrogen-bond donors (Lipinski definition) is 0. The summed E-state index contributed by atoms with van der Waals surface area (Å²) in [6.45, 7) is 8.07. The maximum atomic E-state index is 13.5. The Balaban J connectivity index is 1.50. The second kappa shape index (κ2) is 10.2. The molecule has 0 aliphatic heterocycles. The van der Waals surface area contributed by atoms with Crippen molar-refractivity contribution >= 4 is 0 Å². The molecule has 3 rings (SSSR count). The number of rotatable bonds is 9. The molecule has 3 unspecified atom stereocenters. The molecule has 0 amide bonds. The molecule has 2 aromatic rings. The first-order chi connectivity index (χ1) is 13.5. The van der Waals surface area contributed by atoms with Crippen LogP contribution in [0.2, 0.25) is 0 Å². The summed E-state index contributed by atoms with van der Waals surface area (Å²) in [6.07, 6.45) is 5.23. The number of alkyl halides is 1. The summed E-state index contributed by atoms with van der Waals surface area (Å²) < 4.78 is 13.5. The van der Waals surface area contributed by atoms with Crippen LogP contribution in [-0.2, 0) is 12.8 Å². The molecule has 0 bridgehead atoms. The van der Waals surface area contributed by atoms with Crippen molar-refractivity contribution in [3.05, 3.63) is 71.3 Å². The van der Waals surface area contributed by atoms with Gasteiger partial charge in [0.2, 0.25) is 0 Å². The van der Waals surface area contributed by atoms with E-state index in [4.69, 9.17) is 0 Å². The number of aryl methyl sites for hydroxylation is 1. The Labute approximate surface area is 171 Å². The van der Waals surface area contributed by atoms with Gasteiger partial charge >= 0.3 is 0 Å². The third kappa shape index (κ3) is 5.91. The summed E-state index contributed by atoms with van der Waals surface area (Å²) >= 11 is 0. The van der Waals surface area contributed by atoms with Crippen LogP contribution >= 0.6 is 0 Å². The van der Waals surface area contributed by atoms with Gasteiger partial charge in [-0.05, 0) is 81.9 Å². The molecule has 0 heterocycles. The van der Waals surface area contributed by atoms with Crippen LogP contribution in [0.4, 0.5) is 4.39 Å². The average molecular weight is 382 g/mol. The highest BCUT2D eigenvalue weighted by molar-refractivity contribution is 5.26. The normalized spacial score (nSPS) is 20.8. The van der Waals surface area contributed by atoms with Gasteiger partial charge in [-0.3, -0.25) is 4.90 Å². The Hall–Kier alpha value is -1.67. The standard InChI is InChI=1S/C26H36FN/c1-20(2)28(18-17-22-7-5-4-6-8-22)21(3)9-10-23-11-13-24(14-12-23)25-15-16-26(27)19-25/h4-8,11-14,20-21,25-26H,9-10,15-19H2,1-3H3. The van der Waals surface area contributed by atoms with Gasteiger partial charge in [0.25, 0.3) is 0 Å². The monoisotopic (exact) mass is 381 g/mol. The number of halogens is 1. The Morgan fingerprint density at radius 3 is 2.18 bits per heavy atom. The van der Waals surface area contributed by atoms with E-state index >= 15 is 0 Å². The van der Waals surface area contributed by atoms with Crippen molar-refractivity contribution in [2.24, 2.45) is 0 Å². The van der Waals surface area contributed by atoms with E-state index in [9.17, 15) is 4.39 Å². The lowest BCUT2D eigenvalue weighted by atomic mass is 9.95. The van der Waals surface area contributed by atoms with Crippen LogP contribution in [0.5, 0.6) is 0 Å². The van der Waals surface area contributed by atoms with E-state index in [2.05, 4.69) is 80.3 Å². The molecule has 0 radical (unpaired) electrons. The van der Waals surface area contributed by atoms with Gasteiger partial charge in [-0.2, -0.15) is 0 Å². The minimum Gasteiger partial charge on any atom is -0.298 e. The van der Waals surface area contributed by atoms with Gasteiger partial charge in [0.05, 0.1) is 0 Å². The van der Waals surface area contributed by atoms with Gasteiger partial charge in [0, 0.05) is 18.6 Å². The van der Waals surface area contributed by atoms with Gasteiger partial charge in [0.15, 0.2) is 0 Å². The number of nitrogens with zero attached hydrogens (tertiary/aromatic N) is 1. The predicted octanol–water partition coefficient (Wildman–Crippen LogP) is 6.57. The van der Waals surface area contributed by atoms with Crippen LogP contribution in [0.1, 0.15) is 69.1 Å². The highest BCUT2D eigenvalue weighted by Crippen LogP contribution is 2.36. The van der Waals surface area contributed by atoms with Gasteiger partial charge in [-0.1, -0.05) is 54.6 Å². The zero-order valence-corrected chi connectivity index (χ0v) is 17.8. The fourth-order valence-electron chi connectivity index (χ4n) is 4.62. The molecule has 3 atom stereocenters. The molecule has 28 heavy (non-hydrogen) atoms. The fraction of sp³-hybridized carbons (Fsp3) is 0.538. The first-order valence-corrected chi connectivity index (χ1v) is 11.1. The molecule has 1 saturated carbocycles. The third-order valence-electron chi connectivity index (χ3n) is 6.40. The summed E-state index contributed by atoms with van der Waals surface area (Å²) in [5.41, 5.74) is 4.14. The summed E-state index contributed by atoms with van der Waals surface area (Å²) in [5, 5.41) is 0. The summed E-state index contributed by atoms with van der Waals surface area (Å²) in [6, 6.07) is 20.9. The van der Waals surface area contributed by atoms with E-state index in [0.717, 1.165) is 32.2 Å². The Bertz CT molecular complexity index is 694. The molecule has 1 nitrogen and oxygen atoms in total. The first kappa shape index (κ1) is 21.0. The van der Waals surface area contributed by atoms with Crippen LogP contribution in [0.3, 0.4) is 0 Å². The molecular formula is C26H36FN. The molecule has 1 fully saturated rings. The molecule has 2 aromatic carbocycles. The topological polar surface area (TPSA) is 3.24 Å². The highest BCUT2D eigenvalue weighted by Gasteiger charge is 2.25. The van der Waals surface area contributed by atoms with E-state index in [1.54, 1.807) is 0 Å². The maximum Gasteiger partial charge on any atom is 0.101 e. The maximum absolute atomic E-state index is 13.5. The van der Waals surface area contributed by atoms with Gasteiger partial charge in [0.1, 0.15) is 6.17 Å². The second-order valence-corrected chi connectivity index (χ2v) is 8.80. The molecule has 1 aliphatic rings. The molecule has 0 saturated heterocycles. The van der Waals surface area contributed by atoms with Gasteiger partial charge in [-0.25, -0.2) is 4.39 Å². The lowest BCUT2D eigenvalue weighted by Crippen LogP contribution is -2.40. The fourth-order valence-corrected chi connectivity index (χ4v) is 4.62. The molecule has 152 valence electrons. The van der Waals surface area contributed by atoms with Crippen LogP contribution in [0.25, 0.3) is 0 Å². The molecule has 0 aromatic heterocycles. The smallest absolute Gasteiger partial charge is 0.101 e. The van der Waals surface area contributed by atoms with E-state index in [1.165, 1.54) is 23.1 Å². The van der Waals surface area contributed by atoms with Crippen molar-refractivity contribution < 1.29 is 4.39 Å². The van der Waals surface area contributed by atoms with Crippen LogP contribution in [0.15, 0.2) is 54.6 Å². The van der Waals surface area contributed by atoms with Crippen molar-refractivity contribution in [3.63, 3.8) is 0 Å². The van der Waals surface area contributed by atoms with Crippen LogP contribution < -0.4 is 0 Å². The summed E-state index contributed by atoms with van der Waals surface area (Å²) in [5.74, 6) is 0.428. The average Bonchev–Trinajstić information content (AvgIpc) is 3.14. The van der Waals surface area contributed by atoms with Crippen molar-refractivity contribution in [1.82, 2.24) is 4.90 Å². The molecule has 1 aliphatic carbocycles. The van der Waals surface area contributed by atoms with E-state index in [0.29, 0.717) is 24.4 Å². The molecular weight excluding hydrogens is 345 g/mol. The summed E-state index contributed by atoms with van der Waals surface area (Å²) in [4.78, 5) is 2.63. The van der Waals surface area contributed by atoms with Crippen molar-refractivity contribution in [3.8, 4) is 0 Å². The molecule has 0 N–H and O–H groups in total. The van der Waals surface area contributed by atoms with E-state index in [1.807, 2.05) is 0 Å². The Morgan fingerprint density at radius 1 is 0.893 bits per heavy atom. The third-order valence-corrected chi connectivity index (χ3v) is 6.40. The predicted molar refractivity (Wildman–Crippen MR) is 118 cm³/mol. The number of hydrogen-bond acceptors (Lipinski definition) is 1. The lowest BCUT2D eigenvalue weighted by molar-refractivity contribution is 0.158. The summed E-state index contributed by atoms with van der Waals surface area (Å²) in [7, 11) is 0.